The fraction of sp³-hybridized carbons (Fsp3) is 0.571. The lowest BCUT2D eigenvalue weighted by molar-refractivity contribution is -0.0548. The van der Waals surface area contributed by atoms with Gasteiger partial charge in [-0.25, -0.2) is 4.39 Å². The van der Waals surface area contributed by atoms with Crippen LogP contribution >= 0.6 is 0 Å². The van der Waals surface area contributed by atoms with Crippen LogP contribution < -0.4 is 0 Å². The first kappa shape index (κ1) is 15.0. The predicted octanol–water partition coefficient (Wildman–Crippen LogP) is 0.733. The van der Waals surface area contributed by atoms with Crippen LogP contribution in [0.3, 0.4) is 0 Å². The quantitative estimate of drug-likeness (QED) is 0.807. The maximum atomic E-state index is 12.8. The van der Waals surface area contributed by atoms with Crippen molar-refractivity contribution in [2.24, 2.45) is 5.92 Å². The van der Waals surface area contributed by atoms with Crippen molar-refractivity contribution in [3.05, 3.63) is 29.8 Å². The molecule has 1 saturated heterocycles. The molecule has 2 heterocycles. The third-order valence-corrected chi connectivity index (χ3v) is 3.39. The van der Waals surface area contributed by atoms with Crippen molar-refractivity contribution in [2.45, 2.75) is 13.0 Å². The lowest BCUT2D eigenvalue weighted by Crippen LogP contribution is -2.46. The minimum atomic E-state index is -0.451. The second kappa shape index (κ2) is 6.88. The van der Waals surface area contributed by atoms with E-state index >= 15 is 0 Å². The molecule has 5 nitrogen and oxygen atoms in total. The number of ether oxygens (including phenoxy) is 1. The molecule has 2 unspecified atom stereocenters. The van der Waals surface area contributed by atoms with E-state index in [1.807, 2.05) is 6.92 Å². The largest absolute Gasteiger partial charge is 0.394 e. The van der Waals surface area contributed by atoms with E-state index in [1.54, 1.807) is 0 Å². The van der Waals surface area contributed by atoms with Gasteiger partial charge in [-0.1, -0.05) is 6.92 Å². The molecule has 2 atom stereocenters. The normalized spacial score (nSPS) is 21.6. The van der Waals surface area contributed by atoms with E-state index in [4.69, 9.17) is 9.84 Å². The molecule has 0 saturated carbocycles. The number of hydrogen-bond donors (Lipinski definition) is 1. The Labute approximate surface area is 117 Å². The number of aliphatic hydroxyl groups is 1. The summed E-state index contributed by atoms with van der Waals surface area (Å²) in [6.07, 6.45) is 0.867. The average molecular weight is 282 g/mol. The van der Waals surface area contributed by atoms with E-state index in [1.165, 1.54) is 12.1 Å². The van der Waals surface area contributed by atoms with E-state index in [9.17, 15) is 9.18 Å². The van der Waals surface area contributed by atoms with Crippen LogP contribution in [0.1, 0.15) is 17.4 Å². The lowest BCUT2D eigenvalue weighted by atomic mass is 10.0. The van der Waals surface area contributed by atoms with Gasteiger partial charge in [-0.15, -0.1) is 0 Å². The zero-order valence-corrected chi connectivity index (χ0v) is 11.5. The fourth-order valence-electron chi connectivity index (χ4n) is 2.30. The van der Waals surface area contributed by atoms with E-state index in [2.05, 4.69) is 9.88 Å². The molecule has 1 N–H and O–H groups in total. The molecule has 1 aromatic rings. The van der Waals surface area contributed by atoms with Gasteiger partial charge in [0.15, 0.2) is 5.78 Å². The number of aliphatic hydroxyl groups excluding tert-OH is 1. The average Bonchev–Trinajstić information content (AvgIpc) is 2.47. The molecule has 1 aliphatic rings. The van der Waals surface area contributed by atoms with Crippen molar-refractivity contribution in [3.8, 4) is 0 Å². The Morgan fingerprint density at radius 2 is 2.45 bits per heavy atom. The second-order valence-electron chi connectivity index (χ2n) is 5.06. The van der Waals surface area contributed by atoms with Gasteiger partial charge in [-0.2, -0.15) is 0 Å². The van der Waals surface area contributed by atoms with Crippen molar-refractivity contribution in [1.82, 2.24) is 9.88 Å². The summed E-state index contributed by atoms with van der Waals surface area (Å²) in [5, 5.41) is 9.09. The van der Waals surface area contributed by atoms with E-state index < -0.39 is 5.82 Å². The van der Waals surface area contributed by atoms with Crippen LogP contribution in [0.4, 0.5) is 4.39 Å². The van der Waals surface area contributed by atoms with Gasteiger partial charge in [-0.05, 0) is 12.1 Å². The Morgan fingerprint density at radius 1 is 1.65 bits per heavy atom. The van der Waals surface area contributed by atoms with Crippen LogP contribution in [0.5, 0.6) is 0 Å². The molecule has 0 aliphatic carbocycles. The van der Waals surface area contributed by atoms with Gasteiger partial charge in [-0.3, -0.25) is 14.7 Å². The number of morpholine rings is 1. The van der Waals surface area contributed by atoms with Crippen LogP contribution in [-0.4, -0.2) is 59.7 Å². The minimum Gasteiger partial charge on any atom is -0.394 e. The summed E-state index contributed by atoms with van der Waals surface area (Å²) in [6.45, 7) is 4.31. The Kier molecular flexibility index (Phi) is 5.17. The molecule has 0 radical (unpaired) electrons. The van der Waals surface area contributed by atoms with Gasteiger partial charge in [0.05, 0.1) is 25.5 Å². The number of nitrogens with zero attached hydrogens (tertiary/aromatic N) is 2. The highest BCUT2D eigenvalue weighted by Gasteiger charge is 2.24. The summed E-state index contributed by atoms with van der Waals surface area (Å²) in [6, 6.07) is 2.65. The van der Waals surface area contributed by atoms with E-state index in [-0.39, 0.29) is 30.1 Å². The first-order valence-electron chi connectivity index (χ1n) is 6.70. The second-order valence-corrected chi connectivity index (χ2v) is 5.06. The molecular formula is C14H19FN2O3. The number of carbonyl (C=O) groups excluding carboxylic acids is 1. The van der Waals surface area contributed by atoms with Crippen molar-refractivity contribution in [2.75, 3.05) is 32.8 Å². The molecule has 0 aromatic carbocycles. The number of pyridine rings is 1. The van der Waals surface area contributed by atoms with Crippen molar-refractivity contribution < 1.29 is 19.0 Å². The molecule has 20 heavy (non-hydrogen) atoms. The monoisotopic (exact) mass is 282 g/mol. The fourth-order valence-corrected chi connectivity index (χ4v) is 2.30. The Hall–Kier alpha value is -1.37. The number of hydrogen-bond acceptors (Lipinski definition) is 5. The summed E-state index contributed by atoms with van der Waals surface area (Å²) >= 11 is 0. The molecule has 0 amide bonds. The predicted molar refractivity (Wildman–Crippen MR) is 71.0 cm³/mol. The molecule has 2 rings (SSSR count). The van der Waals surface area contributed by atoms with Gasteiger partial charge in [0, 0.05) is 25.6 Å². The summed E-state index contributed by atoms with van der Waals surface area (Å²) in [4.78, 5) is 18.1. The lowest BCUT2D eigenvalue weighted by Gasteiger charge is -2.33. The number of carbonyl (C=O) groups is 1. The number of ketones is 1. The third-order valence-electron chi connectivity index (χ3n) is 3.39. The van der Waals surface area contributed by atoms with E-state index in [0.29, 0.717) is 19.7 Å². The van der Waals surface area contributed by atoms with Crippen LogP contribution in [0, 0.1) is 11.7 Å². The maximum Gasteiger partial charge on any atom is 0.185 e. The number of Topliss-reactive ketones (excluding diaryl/α,β-unsaturated/α-hetero) is 1. The van der Waals surface area contributed by atoms with Gasteiger partial charge in [0.1, 0.15) is 11.5 Å². The zero-order valence-electron chi connectivity index (χ0n) is 11.5. The van der Waals surface area contributed by atoms with Crippen molar-refractivity contribution in [3.63, 3.8) is 0 Å². The summed E-state index contributed by atoms with van der Waals surface area (Å²) in [5.74, 6) is -0.782. The molecule has 0 bridgehead atoms. The van der Waals surface area contributed by atoms with Gasteiger partial charge < -0.3 is 9.84 Å². The molecular weight excluding hydrogens is 263 g/mol. The molecule has 1 fully saturated rings. The van der Waals surface area contributed by atoms with Crippen molar-refractivity contribution >= 4 is 5.78 Å². The minimum absolute atomic E-state index is 0.0155. The Balaban J connectivity index is 1.92. The summed E-state index contributed by atoms with van der Waals surface area (Å²) in [7, 11) is 0. The van der Waals surface area contributed by atoms with Gasteiger partial charge in [0.25, 0.3) is 0 Å². The first-order valence-corrected chi connectivity index (χ1v) is 6.70. The van der Waals surface area contributed by atoms with Crippen LogP contribution in [0.25, 0.3) is 0 Å². The van der Waals surface area contributed by atoms with Crippen LogP contribution in [0.2, 0.25) is 0 Å². The Morgan fingerprint density at radius 3 is 3.10 bits per heavy atom. The topological polar surface area (TPSA) is 62.7 Å². The van der Waals surface area contributed by atoms with E-state index in [0.717, 1.165) is 12.7 Å². The number of aromatic nitrogens is 1. The highest BCUT2D eigenvalue weighted by Crippen LogP contribution is 2.12. The molecule has 0 spiro atoms. The van der Waals surface area contributed by atoms with Crippen LogP contribution in [0.15, 0.2) is 18.3 Å². The van der Waals surface area contributed by atoms with Crippen molar-refractivity contribution in [1.29, 1.82) is 0 Å². The maximum absolute atomic E-state index is 12.8. The highest BCUT2D eigenvalue weighted by atomic mass is 19.1. The molecule has 1 aliphatic heterocycles. The molecule has 6 heteroatoms. The Bertz CT molecular complexity index is 452. The first-order chi connectivity index (χ1) is 9.60. The van der Waals surface area contributed by atoms with Gasteiger partial charge >= 0.3 is 0 Å². The SMILES string of the molecule is CC(CN1CCOC(CO)C1)C(=O)c1ccc(F)cn1. The molecule has 1 aromatic heterocycles. The number of rotatable bonds is 5. The smallest absolute Gasteiger partial charge is 0.185 e. The number of halogens is 1. The third kappa shape index (κ3) is 3.82. The molecule has 110 valence electrons. The summed E-state index contributed by atoms with van der Waals surface area (Å²) in [5.41, 5.74) is 0.283. The summed E-state index contributed by atoms with van der Waals surface area (Å²) < 4.78 is 18.2. The standard InChI is InChI=1S/C14H19FN2O3/c1-10(7-17-4-5-20-12(8-17)9-18)14(19)13-3-2-11(15)6-16-13/h2-3,6,10,12,18H,4-5,7-9H2,1H3. The zero-order chi connectivity index (χ0) is 14.5. The van der Waals surface area contributed by atoms with Gasteiger partial charge in [0.2, 0.25) is 0 Å². The van der Waals surface area contributed by atoms with Crippen LogP contribution in [-0.2, 0) is 4.74 Å². The highest BCUT2D eigenvalue weighted by molar-refractivity contribution is 5.95.